The van der Waals surface area contributed by atoms with Crippen LogP contribution in [0.3, 0.4) is 0 Å². The Hall–Kier alpha value is -0.530. The van der Waals surface area contributed by atoms with Crippen LogP contribution in [-0.4, -0.2) is 11.6 Å². The van der Waals surface area contributed by atoms with Crippen molar-refractivity contribution in [1.82, 2.24) is 0 Å². The highest BCUT2D eigenvalue weighted by atomic mass is 16.6. The van der Waals surface area contributed by atoms with E-state index in [-0.39, 0.29) is 11.6 Å². The van der Waals surface area contributed by atoms with Gasteiger partial charge in [0.2, 0.25) is 0 Å². The van der Waals surface area contributed by atoms with Crippen LogP contribution in [0, 0.1) is 5.92 Å². The normalized spacial score (nSPS) is 45.3. The third-order valence-electron chi connectivity index (χ3n) is 2.56. The SMILES string of the molecule is CC1CC2(CCC(=O)O2)C1. The standard InChI is InChI=1S/C8H12O2/c1-6-4-8(5-6)3-2-7(9)10-8/h6H,2-5H2,1H3. The summed E-state index contributed by atoms with van der Waals surface area (Å²) in [7, 11) is 0. The van der Waals surface area contributed by atoms with Gasteiger partial charge in [-0.25, -0.2) is 0 Å². The summed E-state index contributed by atoms with van der Waals surface area (Å²) in [6, 6.07) is 0. The van der Waals surface area contributed by atoms with Crippen molar-refractivity contribution in [2.75, 3.05) is 0 Å². The van der Waals surface area contributed by atoms with E-state index < -0.39 is 0 Å². The summed E-state index contributed by atoms with van der Waals surface area (Å²) in [5.41, 5.74) is 0.0104. The molecule has 0 aromatic carbocycles. The van der Waals surface area contributed by atoms with Crippen molar-refractivity contribution in [3.8, 4) is 0 Å². The molecule has 1 spiro atoms. The van der Waals surface area contributed by atoms with Gasteiger partial charge in [-0.15, -0.1) is 0 Å². The second kappa shape index (κ2) is 1.74. The molecule has 0 radical (unpaired) electrons. The van der Waals surface area contributed by atoms with Crippen LogP contribution in [0.25, 0.3) is 0 Å². The van der Waals surface area contributed by atoms with Gasteiger partial charge in [0.1, 0.15) is 5.60 Å². The van der Waals surface area contributed by atoms with Crippen molar-refractivity contribution >= 4 is 5.97 Å². The van der Waals surface area contributed by atoms with Crippen molar-refractivity contribution < 1.29 is 9.53 Å². The second-order valence-corrected chi connectivity index (χ2v) is 3.67. The van der Waals surface area contributed by atoms with Crippen LogP contribution in [0.15, 0.2) is 0 Å². The average Bonchev–Trinajstić information content (AvgIpc) is 2.10. The molecular weight excluding hydrogens is 128 g/mol. The van der Waals surface area contributed by atoms with E-state index in [0.29, 0.717) is 6.42 Å². The molecule has 2 fully saturated rings. The first-order valence-electron chi connectivity index (χ1n) is 3.92. The van der Waals surface area contributed by atoms with Gasteiger partial charge in [0.05, 0.1) is 0 Å². The molecule has 1 heterocycles. The van der Waals surface area contributed by atoms with Crippen LogP contribution in [-0.2, 0) is 9.53 Å². The van der Waals surface area contributed by atoms with Gasteiger partial charge in [-0.05, 0) is 25.2 Å². The molecule has 1 aliphatic heterocycles. The van der Waals surface area contributed by atoms with Crippen molar-refractivity contribution in [3.05, 3.63) is 0 Å². The summed E-state index contributed by atoms with van der Waals surface area (Å²) >= 11 is 0. The van der Waals surface area contributed by atoms with Crippen LogP contribution in [0.1, 0.15) is 32.6 Å². The molecular formula is C8H12O2. The number of hydrogen-bond acceptors (Lipinski definition) is 2. The molecule has 1 saturated heterocycles. The van der Waals surface area contributed by atoms with Gasteiger partial charge in [0.25, 0.3) is 0 Å². The van der Waals surface area contributed by atoms with E-state index in [0.717, 1.165) is 25.2 Å². The molecule has 2 nitrogen and oxygen atoms in total. The van der Waals surface area contributed by atoms with E-state index in [1.807, 2.05) is 0 Å². The van der Waals surface area contributed by atoms with Crippen molar-refractivity contribution in [3.63, 3.8) is 0 Å². The average molecular weight is 140 g/mol. The first-order valence-corrected chi connectivity index (χ1v) is 3.92. The van der Waals surface area contributed by atoms with Crippen molar-refractivity contribution in [2.45, 2.75) is 38.2 Å². The van der Waals surface area contributed by atoms with Gasteiger partial charge in [0, 0.05) is 6.42 Å². The Bertz CT molecular complexity index is 168. The number of hydrogen-bond donors (Lipinski definition) is 0. The first kappa shape index (κ1) is 6.20. The zero-order chi connectivity index (χ0) is 7.19. The maximum Gasteiger partial charge on any atom is 0.306 e. The number of carbonyl (C=O) groups is 1. The fourth-order valence-electron chi connectivity index (χ4n) is 2.17. The smallest absolute Gasteiger partial charge is 0.306 e. The fourth-order valence-corrected chi connectivity index (χ4v) is 2.17. The molecule has 2 heteroatoms. The molecule has 2 rings (SSSR count). The Balaban J connectivity index is 2.01. The Morgan fingerprint density at radius 1 is 1.60 bits per heavy atom. The maximum atomic E-state index is 10.7. The van der Waals surface area contributed by atoms with Crippen molar-refractivity contribution in [2.24, 2.45) is 5.92 Å². The number of rotatable bonds is 0. The molecule has 10 heavy (non-hydrogen) atoms. The lowest BCUT2D eigenvalue weighted by Gasteiger charge is -2.41. The zero-order valence-electron chi connectivity index (χ0n) is 6.22. The van der Waals surface area contributed by atoms with Crippen LogP contribution in [0.5, 0.6) is 0 Å². The minimum Gasteiger partial charge on any atom is -0.459 e. The van der Waals surface area contributed by atoms with E-state index in [1.165, 1.54) is 0 Å². The van der Waals surface area contributed by atoms with Gasteiger partial charge in [-0.1, -0.05) is 6.92 Å². The van der Waals surface area contributed by atoms with Gasteiger partial charge < -0.3 is 4.74 Å². The summed E-state index contributed by atoms with van der Waals surface area (Å²) in [5.74, 6) is 0.776. The Kier molecular flexibility index (Phi) is 1.08. The minimum atomic E-state index is 0.00639. The van der Waals surface area contributed by atoms with Crippen LogP contribution in [0.2, 0.25) is 0 Å². The zero-order valence-corrected chi connectivity index (χ0v) is 6.22. The summed E-state index contributed by atoms with van der Waals surface area (Å²) in [4.78, 5) is 10.7. The summed E-state index contributed by atoms with van der Waals surface area (Å²) in [5, 5.41) is 0. The summed E-state index contributed by atoms with van der Waals surface area (Å²) in [6.45, 7) is 2.21. The van der Waals surface area contributed by atoms with Crippen LogP contribution < -0.4 is 0 Å². The van der Waals surface area contributed by atoms with Gasteiger partial charge in [0.15, 0.2) is 0 Å². The fraction of sp³-hybridized carbons (Fsp3) is 0.875. The largest absolute Gasteiger partial charge is 0.459 e. The molecule has 1 aliphatic carbocycles. The number of ether oxygens (including phenoxy) is 1. The molecule has 0 N–H and O–H groups in total. The molecule has 0 aromatic heterocycles. The Morgan fingerprint density at radius 3 is 2.70 bits per heavy atom. The highest BCUT2D eigenvalue weighted by Gasteiger charge is 2.48. The van der Waals surface area contributed by atoms with E-state index in [2.05, 4.69) is 6.92 Å². The maximum absolute atomic E-state index is 10.7. The first-order chi connectivity index (χ1) is 4.70. The lowest BCUT2D eigenvalue weighted by Crippen LogP contribution is -2.42. The molecule has 56 valence electrons. The monoisotopic (exact) mass is 140 g/mol. The lowest BCUT2D eigenvalue weighted by molar-refractivity contribution is -0.159. The van der Waals surface area contributed by atoms with Crippen LogP contribution in [0.4, 0.5) is 0 Å². The predicted octanol–water partition coefficient (Wildman–Crippen LogP) is 1.49. The number of esters is 1. The van der Waals surface area contributed by atoms with E-state index >= 15 is 0 Å². The van der Waals surface area contributed by atoms with E-state index in [1.54, 1.807) is 0 Å². The summed E-state index contributed by atoms with van der Waals surface area (Å²) < 4.78 is 5.22. The highest BCUT2D eigenvalue weighted by Crippen LogP contribution is 2.47. The molecule has 0 aromatic rings. The molecule has 0 atom stereocenters. The lowest BCUT2D eigenvalue weighted by atomic mass is 9.70. The predicted molar refractivity (Wildman–Crippen MR) is 36.5 cm³/mol. The van der Waals surface area contributed by atoms with Gasteiger partial charge in [-0.2, -0.15) is 0 Å². The molecule has 0 unspecified atom stereocenters. The second-order valence-electron chi connectivity index (χ2n) is 3.67. The Labute approximate surface area is 60.6 Å². The quantitative estimate of drug-likeness (QED) is 0.476. The topological polar surface area (TPSA) is 26.3 Å². The molecule has 0 bridgehead atoms. The Morgan fingerprint density at radius 2 is 2.30 bits per heavy atom. The minimum absolute atomic E-state index is 0.00639. The highest BCUT2D eigenvalue weighted by molar-refractivity contribution is 5.72. The summed E-state index contributed by atoms with van der Waals surface area (Å²) in [6.07, 6.45) is 3.81. The van der Waals surface area contributed by atoms with Crippen LogP contribution >= 0.6 is 0 Å². The molecule has 0 amide bonds. The van der Waals surface area contributed by atoms with Gasteiger partial charge in [-0.3, -0.25) is 4.79 Å². The third kappa shape index (κ3) is 0.746. The molecule has 2 aliphatic rings. The van der Waals surface area contributed by atoms with Crippen molar-refractivity contribution in [1.29, 1.82) is 0 Å². The third-order valence-corrected chi connectivity index (χ3v) is 2.56. The molecule has 1 saturated carbocycles. The van der Waals surface area contributed by atoms with E-state index in [4.69, 9.17) is 4.74 Å². The van der Waals surface area contributed by atoms with Gasteiger partial charge >= 0.3 is 5.97 Å². The van der Waals surface area contributed by atoms with E-state index in [9.17, 15) is 4.79 Å². The number of carbonyl (C=O) groups excluding carboxylic acids is 1.